The number of hydrogen-bond donors (Lipinski definition) is 1. The Hall–Kier alpha value is -2.58. The van der Waals surface area contributed by atoms with Gasteiger partial charge in [-0.1, -0.05) is 12.1 Å². The van der Waals surface area contributed by atoms with Crippen molar-refractivity contribution in [2.45, 2.75) is 37.1 Å². The van der Waals surface area contributed by atoms with Crippen molar-refractivity contribution < 1.29 is 32.5 Å². The Balaban J connectivity index is 1.33. The lowest BCUT2D eigenvalue weighted by Gasteiger charge is -2.36. The number of likely N-dealkylation sites (tertiary alicyclic amines) is 1. The fraction of sp³-hybridized carbons (Fsp3) is 0.435. The van der Waals surface area contributed by atoms with E-state index in [1.54, 1.807) is 29.2 Å². The molecule has 5 nitrogen and oxygen atoms in total. The van der Waals surface area contributed by atoms with Gasteiger partial charge in [-0.25, -0.2) is 0 Å². The lowest BCUT2D eigenvalue weighted by Crippen LogP contribution is -2.46. The standard InChI is InChI=1S/C23H24F3NO4/c24-23(25,26)18-7-9-20(10-8-18)31-19-2-1-12-27(13-11-19)21(28)16-3-5-17(6-4-16)22(29)14-30-15-22/h3-10,19,29H,1-2,11-15H2. The quantitative estimate of drug-likeness (QED) is 0.789. The van der Waals surface area contributed by atoms with Crippen molar-refractivity contribution in [3.8, 4) is 5.75 Å². The molecule has 0 spiro atoms. The maximum atomic E-state index is 12.9. The molecule has 31 heavy (non-hydrogen) atoms. The summed E-state index contributed by atoms with van der Waals surface area (Å²) in [6.45, 7) is 1.61. The number of aliphatic hydroxyl groups is 1. The van der Waals surface area contributed by atoms with Gasteiger partial charge < -0.3 is 19.5 Å². The summed E-state index contributed by atoms with van der Waals surface area (Å²) in [6, 6.07) is 11.6. The van der Waals surface area contributed by atoms with Crippen molar-refractivity contribution in [3.05, 3.63) is 65.2 Å². The Morgan fingerprint density at radius 1 is 1.03 bits per heavy atom. The molecule has 2 heterocycles. The van der Waals surface area contributed by atoms with Gasteiger partial charge >= 0.3 is 6.18 Å². The van der Waals surface area contributed by atoms with Gasteiger partial charge in [0.25, 0.3) is 5.91 Å². The van der Waals surface area contributed by atoms with Gasteiger partial charge in [-0.05, 0) is 54.8 Å². The van der Waals surface area contributed by atoms with E-state index in [0.29, 0.717) is 30.8 Å². The van der Waals surface area contributed by atoms with Crippen molar-refractivity contribution in [2.24, 2.45) is 0 Å². The van der Waals surface area contributed by atoms with E-state index >= 15 is 0 Å². The van der Waals surface area contributed by atoms with Crippen molar-refractivity contribution in [2.75, 3.05) is 26.3 Å². The highest BCUT2D eigenvalue weighted by molar-refractivity contribution is 5.94. The fourth-order valence-corrected chi connectivity index (χ4v) is 3.87. The van der Waals surface area contributed by atoms with Gasteiger partial charge in [-0.2, -0.15) is 13.2 Å². The second-order valence-electron chi connectivity index (χ2n) is 8.09. The maximum Gasteiger partial charge on any atom is 0.416 e. The van der Waals surface area contributed by atoms with Crippen LogP contribution in [0.2, 0.25) is 0 Å². The normalized spacial score (nSPS) is 21.2. The fourth-order valence-electron chi connectivity index (χ4n) is 3.87. The van der Waals surface area contributed by atoms with Crippen LogP contribution in [0.1, 0.15) is 40.7 Å². The topological polar surface area (TPSA) is 59.0 Å². The summed E-state index contributed by atoms with van der Waals surface area (Å²) in [5.74, 6) is 0.310. The van der Waals surface area contributed by atoms with E-state index < -0.39 is 17.3 Å². The molecule has 1 amide bonds. The summed E-state index contributed by atoms with van der Waals surface area (Å²) >= 11 is 0. The first kappa shape index (κ1) is 21.6. The van der Waals surface area contributed by atoms with E-state index in [1.165, 1.54) is 12.1 Å². The van der Waals surface area contributed by atoms with Crippen molar-refractivity contribution >= 4 is 5.91 Å². The van der Waals surface area contributed by atoms with E-state index in [-0.39, 0.29) is 25.2 Å². The number of carbonyl (C=O) groups excluding carboxylic acids is 1. The van der Waals surface area contributed by atoms with Crippen LogP contribution in [-0.2, 0) is 16.5 Å². The molecule has 2 aliphatic heterocycles. The number of nitrogens with zero attached hydrogens (tertiary/aromatic N) is 1. The smallest absolute Gasteiger partial charge is 0.416 e. The average molecular weight is 435 g/mol. The first-order chi connectivity index (χ1) is 14.7. The Kier molecular flexibility index (Phi) is 5.94. The third-order valence-corrected chi connectivity index (χ3v) is 5.80. The van der Waals surface area contributed by atoms with Crippen LogP contribution in [0.15, 0.2) is 48.5 Å². The summed E-state index contributed by atoms with van der Waals surface area (Å²) in [4.78, 5) is 14.7. The predicted molar refractivity (Wildman–Crippen MR) is 107 cm³/mol. The molecule has 0 aliphatic carbocycles. The highest BCUT2D eigenvalue weighted by Gasteiger charge is 2.38. The summed E-state index contributed by atoms with van der Waals surface area (Å²) in [5, 5.41) is 10.3. The second kappa shape index (κ2) is 8.51. The number of hydrogen-bond acceptors (Lipinski definition) is 4. The van der Waals surface area contributed by atoms with E-state index in [9.17, 15) is 23.1 Å². The largest absolute Gasteiger partial charge is 0.490 e. The first-order valence-corrected chi connectivity index (χ1v) is 10.3. The molecule has 2 aromatic carbocycles. The van der Waals surface area contributed by atoms with Crippen LogP contribution >= 0.6 is 0 Å². The molecule has 4 rings (SSSR count). The van der Waals surface area contributed by atoms with Gasteiger partial charge in [0.15, 0.2) is 0 Å². The molecule has 1 atom stereocenters. The van der Waals surface area contributed by atoms with Gasteiger partial charge in [-0.15, -0.1) is 0 Å². The average Bonchev–Trinajstić information content (AvgIpc) is 2.97. The first-order valence-electron chi connectivity index (χ1n) is 10.3. The zero-order valence-corrected chi connectivity index (χ0v) is 16.9. The van der Waals surface area contributed by atoms with Crippen LogP contribution < -0.4 is 4.74 Å². The molecular weight excluding hydrogens is 411 g/mol. The minimum Gasteiger partial charge on any atom is -0.490 e. The molecule has 2 aliphatic rings. The van der Waals surface area contributed by atoms with Crippen LogP contribution in [0.4, 0.5) is 13.2 Å². The van der Waals surface area contributed by atoms with Crippen molar-refractivity contribution in [1.82, 2.24) is 4.90 Å². The van der Waals surface area contributed by atoms with Crippen molar-refractivity contribution in [1.29, 1.82) is 0 Å². The molecule has 1 unspecified atom stereocenters. The van der Waals surface area contributed by atoms with Crippen LogP contribution in [0.3, 0.4) is 0 Å². The maximum absolute atomic E-state index is 12.9. The number of halogens is 3. The lowest BCUT2D eigenvalue weighted by atomic mass is 9.91. The monoisotopic (exact) mass is 435 g/mol. The number of benzene rings is 2. The predicted octanol–water partition coefficient (Wildman–Crippen LogP) is 4.00. The van der Waals surface area contributed by atoms with Gasteiger partial charge in [0.1, 0.15) is 17.5 Å². The lowest BCUT2D eigenvalue weighted by molar-refractivity contribution is -0.184. The van der Waals surface area contributed by atoms with Crippen LogP contribution in [0.25, 0.3) is 0 Å². The summed E-state index contributed by atoms with van der Waals surface area (Å²) < 4.78 is 49.0. The molecule has 1 N–H and O–H groups in total. The van der Waals surface area contributed by atoms with E-state index in [0.717, 1.165) is 30.5 Å². The number of alkyl halides is 3. The SMILES string of the molecule is O=C(c1ccc(C2(O)COC2)cc1)N1CCCC(Oc2ccc(C(F)(F)F)cc2)CC1. The van der Waals surface area contributed by atoms with Crippen molar-refractivity contribution in [3.63, 3.8) is 0 Å². The summed E-state index contributed by atoms with van der Waals surface area (Å²) in [6.07, 6.45) is -2.47. The van der Waals surface area contributed by atoms with Gasteiger partial charge in [0.2, 0.25) is 0 Å². The Morgan fingerprint density at radius 3 is 2.29 bits per heavy atom. The molecule has 0 radical (unpaired) electrons. The molecule has 2 saturated heterocycles. The Bertz CT molecular complexity index is 908. The van der Waals surface area contributed by atoms with Crippen LogP contribution in [0, 0.1) is 0 Å². The molecule has 2 aromatic rings. The van der Waals surface area contributed by atoms with Crippen LogP contribution in [-0.4, -0.2) is 48.3 Å². The van der Waals surface area contributed by atoms with Gasteiger partial charge in [0.05, 0.1) is 18.8 Å². The highest BCUT2D eigenvalue weighted by Crippen LogP contribution is 2.31. The van der Waals surface area contributed by atoms with E-state index in [4.69, 9.17) is 9.47 Å². The van der Waals surface area contributed by atoms with E-state index in [2.05, 4.69) is 0 Å². The molecule has 0 aromatic heterocycles. The zero-order chi connectivity index (χ0) is 22.1. The number of carbonyl (C=O) groups is 1. The minimum absolute atomic E-state index is 0.0846. The summed E-state index contributed by atoms with van der Waals surface area (Å²) in [5.41, 5.74) is -0.390. The van der Waals surface area contributed by atoms with E-state index in [1.807, 2.05) is 0 Å². The Morgan fingerprint density at radius 2 is 1.71 bits per heavy atom. The second-order valence-corrected chi connectivity index (χ2v) is 8.09. The number of amides is 1. The minimum atomic E-state index is -4.37. The summed E-state index contributed by atoms with van der Waals surface area (Å²) in [7, 11) is 0. The molecule has 0 bridgehead atoms. The number of rotatable bonds is 4. The molecule has 166 valence electrons. The Labute approximate surface area is 178 Å². The molecule has 0 saturated carbocycles. The molecule has 8 heteroatoms. The number of ether oxygens (including phenoxy) is 2. The zero-order valence-electron chi connectivity index (χ0n) is 16.9. The highest BCUT2D eigenvalue weighted by atomic mass is 19.4. The molecular formula is C23H24F3NO4. The third-order valence-electron chi connectivity index (χ3n) is 5.80. The van der Waals surface area contributed by atoms with Crippen LogP contribution in [0.5, 0.6) is 5.75 Å². The molecule has 2 fully saturated rings. The van der Waals surface area contributed by atoms with Gasteiger partial charge in [0, 0.05) is 25.1 Å². The third kappa shape index (κ3) is 4.85. The van der Waals surface area contributed by atoms with Gasteiger partial charge in [-0.3, -0.25) is 4.79 Å².